The lowest BCUT2D eigenvalue weighted by Crippen LogP contribution is -2.62. The highest BCUT2D eigenvalue weighted by molar-refractivity contribution is 5.81. The quantitative estimate of drug-likeness (QED) is 0.385. The zero-order valence-corrected chi connectivity index (χ0v) is 22.9. The van der Waals surface area contributed by atoms with E-state index >= 15 is 0 Å². The number of benzene rings is 2. The molecule has 0 saturated heterocycles. The van der Waals surface area contributed by atoms with Gasteiger partial charge in [-0.05, 0) is 101 Å². The van der Waals surface area contributed by atoms with Gasteiger partial charge in [0.15, 0.2) is 5.60 Å². The smallest absolute Gasteiger partial charge is 0.351 e. The first-order chi connectivity index (χ1) is 17.4. The summed E-state index contributed by atoms with van der Waals surface area (Å²) in [6, 6.07) is 13.7. The van der Waals surface area contributed by atoms with Crippen LogP contribution in [0.5, 0.6) is 6.01 Å². The van der Waals surface area contributed by atoms with Crippen LogP contribution in [-0.2, 0) is 21.6 Å². The molecule has 0 saturated carbocycles. The number of nitrogens with zero attached hydrogens (tertiary/aromatic N) is 2. The van der Waals surface area contributed by atoms with Gasteiger partial charge in [0.1, 0.15) is 0 Å². The number of ether oxygens (including phenoxy) is 2. The van der Waals surface area contributed by atoms with Crippen LogP contribution in [0, 0.1) is 34.6 Å². The molecule has 0 aliphatic rings. The monoisotopic (exact) mass is 491 g/mol. The fraction of sp³-hybridized carbons (Fsp3) is 0.433. The van der Waals surface area contributed by atoms with Gasteiger partial charge >= 0.3 is 12.0 Å². The van der Waals surface area contributed by atoms with Crippen LogP contribution in [-0.4, -0.2) is 32.8 Å². The summed E-state index contributed by atoms with van der Waals surface area (Å²) in [4.78, 5) is 22.8. The first-order valence-corrected chi connectivity index (χ1v) is 12.4. The molecule has 0 fully saturated rings. The van der Waals surface area contributed by atoms with Crippen LogP contribution >= 0.6 is 0 Å². The molecule has 2 aromatic carbocycles. The molecule has 0 spiro atoms. The van der Waals surface area contributed by atoms with Crippen molar-refractivity contribution in [2.45, 2.75) is 86.0 Å². The number of aromatic nitrogens is 2. The molecule has 6 nitrogen and oxygen atoms in total. The van der Waals surface area contributed by atoms with Gasteiger partial charge in [-0.15, -0.1) is 0 Å². The third kappa shape index (κ3) is 4.87. The number of carboxylic acid groups (broad SMARTS) is 1. The Morgan fingerprint density at radius 2 is 1.75 bits per heavy atom. The summed E-state index contributed by atoms with van der Waals surface area (Å²) in [6.45, 7) is 17.3. The number of hydrogen-bond acceptors (Lipinski definition) is 6. The highest BCUT2D eigenvalue weighted by Gasteiger charge is 2.61. The van der Waals surface area contributed by atoms with Gasteiger partial charge in [0, 0.05) is 11.4 Å². The Kier molecular flexibility index (Phi) is 7.46. The van der Waals surface area contributed by atoms with Crippen LogP contribution < -0.4 is 4.74 Å². The summed E-state index contributed by atoms with van der Waals surface area (Å²) in [5.74, 6) is -0.921. The van der Waals surface area contributed by atoms with Crippen molar-refractivity contribution in [3.8, 4) is 6.01 Å². The van der Waals surface area contributed by atoms with Crippen molar-refractivity contribution < 1.29 is 19.4 Å². The van der Waals surface area contributed by atoms with Gasteiger partial charge in [-0.1, -0.05) is 43.3 Å². The van der Waals surface area contributed by atoms with Gasteiger partial charge in [-0.25, -0.2) is 14.8 Å². The van der Waals surface area contributed by atoms with E-state index < -0.39 is 17.2 Å². The van der Waals surface area contributed by atoms with Gasteiger partial charge in [-0.3, -0.25) is 0 Å². The number of hydrogen-bond donors (Lipinski definition) is 1. The minimum Gasteiger partial charge on any atom is -0.478 e. The van der Waals surface area contributed by atoms with Crippen molar-refractivity contribution in [1.82, 2.24) is 9.97 Å². The van der Waals surface area contributed by atoms with E-state index in [1.165, 1.54) is 0 Å². The third-order valence-corrected chi connectivity index (χ3v) is 6.92. The second kappa shape index (κ2) is 10.4. The topological polar surface area (TPSA) is 81.5 Å². The van der Waals surface area contributed by atoms with Crippen LogP contribution in [0.2, 0.25) is 0 Å². The maximum Gasteiger partial charge on any atom is 0.351 e. The molecule has 2 atom stereocenters. The third-order valence-electron chi connectivity index (χ3n) is 6.92. The molecule has 0 bridgehead atoms. The van der Waals surface area contributed by atoms with Crippen molar-refractivity contribution in [2.75, 3.05) is 0 Å². The summed E-state index contributed by atoms with van der Waals surface area (Å²) in [7, 11) is 0. The summed E-state index contributed by atoms with van der Waals surface area (Å²) >= 11 is 0. The van der Waals surface area contributed by atoms with Gasteiger partial charge < -0.3 is 14.6 Å². The van der Waals surface area contributed by atoms with Gasteiger partial charge in [-0.2, -0.15) is 0 Å². The number of aryl methyl sites for hydroxylation is 5. The maximum atomic E-state index is 13.7. The van der Waals surface area contributed by atoms with E-state index in [9.17, 15) is 4.79 Å². The van der Waals surface area contributed by atoms with E-state index in [1.54, 1.807) is 6.92 Å². The lowest BCUT2D eigenvalue weighted by Gasteiger charge is -2.47. The Morgan fingerprint density at radius 3 is 2.36 bits per heavy atom. The predicted octanol–water partition coefficient (Wildman–Crippen LogP) is 6.17. The first kappa shape index (κ1) is 25.8. The Morgan fingerprint density at radius 1 is 1.03 bits per heavy atom. The molecule has 1 unspecified atom stereocenters. The van der Waals surface area contributed by atoms with E-state index in [-0.39, 0.29) is 12.1 Å². The molecular weight excluding hydrogens is 452 g/mol. The molecule has 3 aromatic rings. The van der Waals surface area contributed by atoms with Crippen molar-refractivity contribution in [2.24, 2.45) is 0 Å². The molecule has 3 rings (SSSR count). The normalized spacial score (nSPS) is 15.1. The van der Waals surface area contributed by atoms with E-state index in [2.05, 4.69) is 15.1 Å². The molecule has 0 amide bonds. The molecule has 192 valence electrons. The standard InChI is InChI=1S/C30H38N2O4/c1-10-25-17-22(7)31-28(32-25)36-29(9,27(33)34)30(35-18(2)3,24-15-14-19(4)21(6)16-24)26-13-11-12-20(5)23(26)8/h11-18H,10H2,1-9H3,(H,33,34)/t29-,30?/m1/s1/i/hD. The fourth-order valence-corrected chi connectivity index (χ4v) is 4.65. The van der Waals surface area contributed by atoms with E-state index in [1.807, 2.05) is 97.9 Å². The van der Waals surface area contributed by atoms with Crippen LogP contribution in [0.1, 0.15) is 72.5 Å². The van der Waals surface area contributed by atoms with Crippen molar-refractivity contribution in [3.63, 3.8) is 0 Å². The number of carboxylic acids is 1. The second-order valence-electron chi connectivity index (χ2n) is 9.95. The van der Waals surface area contributed by atoms with Crippen LogP contribution in [0.4, 0.5) is 0 Å². The molecular formula is C30H38N2O4. The van der Waals surface area contributed by atoms with Gasteiger partial charge in [0.25, 0.3) is 1.43 Å². The lowest BCUT2D eigenvalue weighted by atomic mass is 9.70. The second-order valence-corrected chi connectivity index (χ2v) is 9.95. The first-order valence-electron chi connectivity index (χ1n) is 12.8. The molecule has 36 heavy (non-hydrogen) atoms. The SMILES string of the molecule is [2H]OC(=O)[C@@](C)(Oc1nc(C)cc(CC)n1)C(OC(C)C)(c1ccc(C)c(C)c1)c1cccc(C)c1C. The molecule has 1 heterocycles. The van der Waals surface area contributed by atoms with Crippen LogP contribution in [0.15, 0.2) is 42.5 Å². The molecule has 1 N–H and O–H groups in total. The van der Waals surface area contributed by atoms with E-state index in [0.717, 1.165) is 33.5 Å². The average Bonchev–Trinajstić information content (AvgIpc) is 2.84. The highest BCUT2D eigenvalue weighted by Crippen LogP contribution is 2.48. The summed E-state index contributed by atoms with van der Waals surface area (Å²) in [6.07, 6.45) is 0.341. The maximum absolute atomic E-state index is 13.7. The van der Waals surface area contributed by atoms with E-state index in [0.29, 0.717) is 17.7 Å². The van der Waals surface area contributed by atoms with Gasteiger partial charge in [0.2, 0.25) is 5.60 Å². The summed E-state index contributed by atoms with van der Waals surface area (Å²) in [5, 5.41) is 4.68. The predicted molar refractivity (Wildman–Crippen MR) is 142 cm³/mol. The molecule has 0 aliphatic heterocycles. The minimum absolute atomic E-state index is 0.0237. The minimum atomic E-state index is -1.88. The highest BCUT2D eigenvalue weighted by atomic mass is 16.6. The van der Waals surface area contributed by atoms with Crippen molar-refractivity contribution >= 4 is 5.97 Å². The Labute approximate surface area is 216 Å². The summed E-state index contributed by atoms with van der Waals surface area (Å²) in [5.41, 5.74) is 3.63. The number of aliphatic carboxylic acids is 1. The van der Waals surface area contributed by atoms with Gasteiger partial charge in [0.05, 0.1) is 6.10 Å². The number of carbonyl (C=O) groups is 1. The summed E-state index contributed by atoms with van der Waals surface area (Å²) < 4.78 is 21.0. The molecule has 0 aliphatic carbocycles. The fourth-order valence-electron chi connectivity index (χ4n) is 4.65. The zero-order valence-electron chi connectivity index (χ0n) is 23.9. The van der Waals surface area contributed by atoms with E-state index in [4.69, 9.17) is 10.9 Å². The molecule has 0 radical (unpaired) electrons. The Hall–Kier alpha value is -3.25. The average molecular weight is 492 g/mol. The van der Waals surface area contributed by atoms with Crippen LogP contribution in [0.25, 0.3) is 1.43 Å². The molecule has 1 aromatic heterocycles. The zero-order chi connectivity index (χ0) is 27.5. The van der Waals surface area contributed by atoms with Crippen LogP contribution in [0.3, 0.4) is 0 Å². The Bertz CT molecular complexity index is 1290. The number of rotatable bonds is 9. The van der Waals surface area contributed by atoms with Crippen molar-refractivity contribution in [3.05, 3.63) is 87.2 Å². The lowest BCUT2D eigenvalue weighted by molar-refractivity contribution is -0.196. The Balaban J connectivity index is 2.49. The van der Waals surface area contributed by atoms with Crippen molar-refractivity contribution in [1.29, 1.82) is 1.43 Å². The largest absolute Gasteiger partial charge is 0.478 e. The molecule has 6 heteroatoms.